The maximum Gasteiger partial charge on any atom is 0.224 e. The predicted molar refractivity (Wildman–Crippen MR) is 119 cm³/mol. The van der Waals surface area contributed by atoms with Gasteiger partial charge in [0.15, 0.2) is 11.5 Å². The van der Waals surface area contributed by atoms with Crippen LogP contribution in [0.25, 0.3) is 0 Å². The number of rotatable bonds is 9. The number of hydrogen-bond donors (Lipinski definition) is 2. The number of benzene rings is 1. The van der Waals surface area contributed by atoms with Crippen LogP contribution < -0.4 is 25.0 Å². The van der Waals surface area contributed by atoms with Crippen LogP contribution >= 0.6 is 0 Å². The Hall–Kier alpha value is -3.03. The molecule has 3 rings (SSSR count). The minimum atomic E-state index is 0.0100. The van der Waals surface area contributed by atoms with Gasteiger partial charge in [-0.05, 0) is 44.2 Å². The van der Waals surface area contributed by atoms with E-state index in [4.69, 9.17) is 9.47 Å². The molecule has 1 atom stereocenters. The van der Waals surface area contributed by atoms with E-state index in [0.29, 0.717) is 29.5 Å². The van der Waals surface area contributed by atoms with Crippen molar-refractivity contribution in [3.05, 3.63) is 30.6 Å². The summed E-state index contributed by atoms with van der Waals surface area (Å²) < 4.78 is 10.5. The van der Waals surface area contributed by atoms with E-state index in [0.717, 1.165) is 50.5 Å². The monoisotopic (exact) mass is 413 g/mol. The van der Waals surface area contributed by atoms with Crippen LogP contribution in [0.4, 0.5) is 17.3 Å². The summed E-state index contributed by atoms with van der Waals surface area (Å²) in [6, 6.07) is 7.38. The Bertz CT molecular complexity index is 845. The van der Waals surface area contributed by atoms with E-state index in [1.54, 1.807) is 32.7 Å². The SMILES string of the molecule is CCNc1cc(N2CCC[C@@H](CCC(=O)Nc3ccc(OC)c(OC)c3)C2)ncn1. The van der Waals surface area contributed by atoms with E-state index in [9.17, 15) is 4.79 Å². The van der Waals surface area contributed by atoms with Crippen LogP contribution in [-0.2, 0) is 4.79 Å². The lowest BCUT2D eigenvalue weighted by Gasteiger charge is -2.33. The van der Waals surface area contributed by atoms with E-state index in [-0.39, 0.29) is 5.91 Å². The fourth-order valence-electron chi connectivity index (χ4n) is 3.78. The van der Waals surface area contributed by atoms with Gasteiger partial charge in [-0.3, -0.25) is 4.79 Å². The largest absolute Gasteiger partial charge is 0.493 e. The van der Waals surface area contributed by atoms with Gasteiger partial charge in [0.1, 0.15) is 18.0 Å². The molecule has 2 N–H and O–H groups in total. The summed E-state index contributed by atoms with van der Waals surface area (Å²) in [6.07, 6.45) is 5.17. The zero-order chi connectivity index (χ0) is 21.3. The number of ether oxygens (including phenoxy) is 2. The van der Waals surface area contributed by atoms with E-state index >= 15 is 0 Å². The van der Waals surface area contributed by atoms with Crippen LogP contribution in [0.3, 0.4) is 0 Å². The van der Waals surface area contributed by atoms with Crippen LogP contribution in [0.1, 0.15) is 32.6 Å². The molecule has 8 nitrogen and oxygen atoms in total. The fraction of sp³-hybridized carbons (Fsp3) is 0.500. The van der Waals surface area contributed by atoms with Gasteiger partial charge < -0.3 is 25.0 Å². The summed E-state index contributed by atoms with van der Waals surface area (Å²) in [5.74, 6) is 3.50. The molecule has 1 aliphatic heterocycles. The third kappa shape index (κ3) is 5.75. The summed E-state index contributed by atoms with van der Waals surface area (Å²) >= 11 is 0. The first-order valence-corrected chi connectivity index (χ1v) is 10.5. The summed E-state index contributed by atoms with van der Waals surface area (Å²) in [5.41, 5.74) is 0.708. The van der Waals surface area contributed by atoms with Crippen LogP contribution in [-0.4, -0.2) is 49.7 Å². The normalized spacial score (nSPS) is 16.1. The minimum absolute atomic E-state index is 0.0100. The zero-order valence-electron chi connectivity index (χ0n) is 18.0. The first kappa shape index (κ1) is 21.7. The Balaban J connectivity index is 1.52. The molecule has 2 aromatic rings. The van der Waals surface area contributed by atoms with Gasteiger partial charge in [-0.1, -0.05) is 0 Å². The molecular formula is C22H31N5O3. The van der Waals surface area contributed by atoms with Gasteiger partial charge in [0, 0.05) is 43.9 Å². The number of nitrogens with zero attached hydrogens (tertiary/aromatic N) is 3. The van der Waals surface area contributed by atoms with Crippen molar-refractivity contribution in [2.45, 2.75) is 32.6 Å². The summed E-state index contributed by atoms with van der Waals surface area (Å²) in [5, 5.41) is 6.18. The Kier molecular flexibility index (Phi) is 7.70. The molecule has 1 fully saturated rings. The lowest BCUT2D eigenvalue weighted by molar-refractivity contribution is -0.116. The number of piperidine rings is 1. The third-order valence-corrected chi connectivity index (χ3v) is 5.30. The number of aromatic nitrogens is 2. The Morgan fingerprint density at radius 2 is 2.03 bits per heavy atom. The van der Waals surface area contributed by atoms with E-state index in [2.05, 4.69) is 25.5 Å². The van der Waals surface area contributed by atoms with Crippen molar-refractivity contribution in [3.63, 3.8) is 0 Å². The summed E-state index contributed by atoms with van der Waals surface area (Å²) in [6.45, 7) is 4.77. The van der Waals surface area contributed by atoms with Gasteiger partial charge in [0.25, 0.3) is 0 Å². The number of amides is 1. The Labute approximate surface area is 178 Å². The van der Waals surface area contributed by atoms with Crippen molar-refractivity contribution < 1.29 is 14.3 Å². The van der Waals surface area contributed by atoms with Crippen LogP contribution in [0.2, 0.25) is 0 Å². The highest BCUT2D eigenvalue weighted by molar-refractivity contribution is 5.91. The molecule has 8 heteroatoms. The number of nitrogens with one attached hydrogen (secondary N) is 2. The molecule has 0 unspecified atom stereocenters. The number of hydrogen-bond acceptors (Lipinski definition) is 7. The van der Waals surface area contributed by atoms with Crippen molar-refractivity contribution in [2.75, 3.05) is 49.4 Å². The van der Waals surface area contributed by atoms with Crippen LogP contribution in [0.5, 0.6) is 11.5 Å². The van der Waals surface area contributed by atoms with Crippen molar-refractivity contribution in [1.29, 1.82) is 0 Å². The van der Waals surface area contributed by atoms with Gasteiger partial charge >= 0.3 is 0 Å². The van der Waals surface area contributed by atoms with Crippen LogP contribution in [0.15, 0.2) is 30.6 Å². The second-order valence-electron chi connectivity index (χ2n) is 7.40. The molecule has 162 valence electrons. The highest BCUT2D eigenvalue weighted by atomic mass is 16.5. The van der Waals surface area contributed by atoms with Gasteiger partial charge in [-0.2, -0.15) is 0 Å². The third-order valence-electron chi connectivity index (χ3n) is 5.30. The van der Waals surface area contributed by atoms with Crippen molar-refractivity contribution in [2.24, 2.45) is 5.92 Å². The molecule has 30 heavy (non-hydrogen) atoms. The average molecular weight is 414 g/mol. The minimum Gasteiger partial charge on any atom is -0.493 e. The predicted octanol–water partition coefficient (Wildman–Crippen LogP) is 3.56. The summed E-state index contributed by atoms with van der Waals surface area (Å²) in [4.78, 5) is 23.4. The van der Waals surface area contributed by atoms with Gasteiger partial charge in [-0.25, -0.2) is 9.97 Å². The zero-order valence-corrected chi connectivity index (χ0v) is 18.0. The van der Waals surface area contributed by atoms with Gasteiger partial charge in [-0.15, -0.1) is 0 Å². The first-order chi connectivity index (χ1) is 14.6. The highest BCUT2D eigenvalue weighted by Crippen LogP contribution is 2.30. The topological polar surface area (TPSA) is 88.6 Å². The molecular weight excluding hydrogens is 382 g/mol. The van der Waals surface area contributed by atoms with Gasteiger partial charge in [0.2, 0.25) is 5.91 Å². The summed E-state index contributed by atoms with van der Waals surface area (Å²) in [7, 11) is 3.17. The molecule has 1 amide bonds. The van der Waals surface area contributed by atoms with E-state index < -0.39 is 0 Å². The standard InChI is InChI=1S/C22H31N5O3/c1-4-23-20-13-21(25-15-24-20)27-11-5-6-16(14-27)7-10-22(28)26-17-8-9-18(29-2)19(12-17)30-3/h8-9,12-13,15-16H,4-7,10-11,14H2,1-3H3,(H,26,28)(H,23,24,25)/t16-/m0/s1. The lowest BCUT2D eigenvalue weighted by atomic mass is 9.93. The Morgan fingerprint density at radius 3 is 2.80 bits per heavy atom. The fourth-order valence-corrected chi connectivity index (χ4v) is 3.78. The molecule has 0 bridgehead atoms. The number of methoxy groups -OCH3 is 2. The molecule has 0 aliphatic carbocycles. The van der Waals surface area contributed by atoms with Crippen molar-refractivity contribution in [3.8, 4) is 11.5 Å². The molecule has 1 aromatic carbocycles. The van der Waals surface area contributed by atoms with Crippen molar-refractivity contribution in [1.82, 2.24) is 9.97 Å². The van der Waals surface area contributed by atoms with E-state index in [1.807, 2.05) is 19.1 Å². The number of anilines is 3. The first-order valence-electron chi connectivity index (χ1n) is 10.5. The Morgan fingerprint density at radius 1 is 1.20 bits per heavy atom. The number of carbonyl (C=O) groups excluding carboxylic acids is 1. The van der Waals surface area contributed by atoms with Crippen molar-refractivity contribution >= 4 is 23.2 Å². The quantitative estimate of drug-likeness (QED) is 0.650. The van der Waals surface area contributed by atoms with Crippen LogP contribution in [0, 0.1) is 5.92 Å². The molecule has 0 radical (unpaired) electrons. The lowest BCUT2D eigenvalue weighted by Crippen LogP contribution is -2.36. The molecule has 1 aliphatic rings. The molecule has 1 saturated heterocycles. The maximum atomic E-state index is 12.5. The number of carbonyl (C=O) groups is 1. The molecule has 0 saturated carbocycles. The average Bonchev–Trinajstić information content (AvgIpc) is 2.78. The second-order valence-corrected chi connectivity index (χ2v) is 7.40. The molecule has 2 heterocycles. The highest BCUT2D eigenvalue weighted by Gasteiger charge is 2.22. The van der Waals surface area contributed by atoms with E-state index in [1.165, 1.54) is 0 Å². The second kappa shape index (κ2) is 10.7. The van der Waals surface area contributed by atoms with Gasteiger partial charge in [0.05, 0.1) is 14.2 Å². The maximum absolute atomic E-state index is 12.5. The smallest absolute Gasteiger partial charge is 0.224 e. The molecule has 1 aromatic heterocycles. The molecule has 0 spiro atoms.